The highest BCUT2D eigenvalue weighted by Crippen LogP contribution is 2.30. The van der Waals surface area contributed by atoms with E-state index in [4.69, 9.17) is 9.40 Å². The number of rotatable bonds is 5. The summed E-state index contributed by atoms with van der Waals surface area (Å²) in [4.78, 5) is 7.28. The van der Waals surface area contributed by atoms with E-state index in [9.17, 15) is 0 Å². The summed E-state index contributed by atoms with van der Waals surface area (Å²) in [6.45, 7) is 7.16. The Balaban J connectivity index is 1.33. The normalized spacial score (nSPS) is 16.4. The molecule has 0 unspecified atom stereocenters. The molecule has 5 nitrogen and oxygen atoms in total. The lowest BCUT2D eigenvalue weighted by molar-refractivity contribution is 0.190. The SMILES string of the molecule is CC(C)c1nnc(C2CCN(Cc3csc(-c4ccccc4)n3)CC2)o1. The smallest absolute Gasteiger partial charge is 0.219 e. The largest absolute Gasteiger partial charge is 0.425 e. The first-order valence-corrected chi connectivity index (χ1v) is 10.1. The van der Waals surface area contributed by atoms with Crippen molar-refractivity contribution in [1.29, 1.82) is 0 Å². The zero-order valence-electron chi connectivity index (χ0n) is 15.3. The van der Waals surface area contributed by atoms with Gasteiger partial charge in [0.05, 0.1) is 5.69 Å². The molecule has 3 heterocycles. The van der Waals surface area contributed by atoms with Crippen LogP contribution in [-0.2, 0) is 6.54 Å². The van der Waals surface area contributed by atoms with Crippen LogP contribution in [0.1, 0.15) is 56.0 Å². The van der Waals surface area contributed by atoms with Crippen molar-refractivity contribution >= 4 is 11.3 Å². The molecule has 6 heteroatoms. The predicted molar refractivity (Wildman–Crippen MR) is 103 cm³/mol. The van der Waals surface area contributed by atoms with Crippen LogP contribution in [0.25, 0.3) is 10.6 Å². The molecule has 1 fully saturated rings. The number of nitrogens with zero attached hydrogens (tertiary/aromatic N) is 4. The number of piperidine rings is 1. The molecule has 0 aliphatic carbocycles. The highest BCUT2D eigenvalue weighted by atomic mass is 32.1. The topological polar surface area (TPSA) is 55.1 Å². The number of aromatic nitrogens is 3. The second-order valence-electron chi connectivity index (χ2n) is 7.19. The first-order valence-electron chi connectivity index (χ1n) is 9.24. The number of likely N-dealkylation sites (tertiary alicyclic amines) is 1. The molecule has 0 radical (unpaired) electrons. The summed E-state index contributed by atoms with van der Waals surface area (Å²) in [6.07, 6.45) is 2.13. The van der Waals surface area contributed by atoms with Crippen LogP contribution in [-0.4, -0.2) is 33.2 Å². The van der Waals surface area contributed by atoms with E-state index in [2.05, 4.69) is 58.6 Å². The Morgan fingerprint density at radius 1 is 1.15 bits per heavy atom. The molecule has 3 aromatic rings. The fraction of sp³-hybridized carbons (Fsp3) is 0.450. The van der Waals surface area contributed by atoms with Crippen molar-refractivity contribution in [1.82, 2.24) is 20.1 Å². The lowest BCUT2D eigenvalue weighted by Gasteiger charge is -2.29. The Hall–Kier alpha value is -2.05. The second kappa shape index (κ2) is 7.68. The Kier molecular flexibility index (Phi) is 5.13. The molecular weight excluding hydrogens is 344 g/mol. The van der Waals surface area contributed by atoms with E-state index in [0.29, 0.717) is 11.8 Å². The summed E-state index contributed by atoms with van der Waals surface area (Å²) in [7, 11) is 0. The molecule has 1 aliphatic rings. The number of hydrogen-bond acceptors (Lipinski definition) is 6. The van der Waals surface area contributed by atoms with Gasteiger partial charge in [0.2, 0.25) is 11.8 Å². The molecule has 0 amide bonds. The van der Waals surface area contributed by atoms with Gasteiger partial charge in [-0.25, -0.2) is 4.98 Å². The summed E-state index contributed by atoms with van der Waals surface area (Å²) in [5, 5.41) is 11.7. The third-order valence-corrected chi connectivity index (χ3v) is 5.79. The highest BCUT2D eigenvalue weighted by molar-refractivity contribution is 7.13. The molecule has 4 rings (SSSR count). The zero-order chi connectivity index (χ0) is 17.9. The Labute approximate surface area is 158 Å². The van der Waals surface area contributed by atoms with Gasteiger partial charge in [0, 0.05) is 29.3 Å². The van der Waals surface area contributed by atoms with Crippen molar-refractivity contribution in [2.24, 2.45) is 0 Å². The zero-order valence-corrected chi connectivity index (χ0v) is 16.1. The van der Waals surface area contributed by atoms with Gasteiger partial charge in [0.15, 0.2) is 0 Å². The maximum Gasteiger partial charge on any atom is 0.219 e. The molecule has 0 bridgehead atoms. The minimum absolute atomic E-state index is 0.291. The number of thiazole rings is 1. The van der Waals surface area contributed by atoms with Gasteiger partial charge in [-0.1, -0.05) is 44.2 Å². The van der Waals surface area contributed by atoms with E-state index in [1.54, 1.807) is 11.3 Å². The third-order valence-electron chi connectivity index (χ3n) is 4.85. The molecule has 26 heavy (non-hydrogen) atoms. The molecule has 0 N–H and O–H groups in total. The molecule has 0 atom stereocenters. The van der Waals surface area contributed by atoms with Crippen molar-refractivity contribution in [2.75, 3.05) is 13.1 Å². The quantitative estimate of drug-likeness (QED) is 0.653. The van der Waals surface area contributed by atoms with Gasteiger partial charge in [-0.3, -0.25) is 4.90 Å². The molecule has 1 aliphatic heterocycles. The van der Waals surface area contributed by atoms with Crippen LogP contribution in [0.15, 0.2) is 40.1 Å². The average molecular weight is 369 g/mol. The predicted octanol–water partition coefficient (Wildman–Crippen LogP) is 4.70. The molecule has 0 saturated carbocycles. The summed E-state index contributed by atoms with van der Waals surface area (Å²) in [5.41, 5.74) is 2.35. The summed E-state index contributed by atoms with van der Waals surface area (Å²) in [6, 6.07) is 10.4. The highest BCUT2D eigenvalue weighted by Gasteiger charge is 2.25. The maximum absolute atomic E-state index is 5.84. The first-order chi connectivity index (χ1) is 12.7. The minimum atomic E-state index is 0.291. The van der Waals surface area contributed by atoms with Gasteiger partial charge >= 0.3 is 0 Å². The Bertz CT molecular complexity index is 834. The van der Waals surface area contributed by atoms with Crippen LogP contribution in [0.2, 0.25) is 0 Å². The molecule has 1 saturated heterocycles. The Morgan fingerprint density at radius 3 is 2.62 bits per heavy atom. The van der Waals surface area contributed by atoms with Crippen LogP contribution >= 0.6 is 11.3 Å². The van der Waals surface area contributed by atoms with Crippen molar-refractivity contribution in [2.45, 2.75) is 45.1 Å². The van der Waals surface area contributed by atoms with Gasteiger partial charge in [-0.2, -0.15) is 0 Å². The van der Waals surface area contributed by atoms with Gasteiger partial charge in [0.1, 0.15) is 5.01 Å². The summed E-state index contributed by atoms with van der Waals surface area (Å²) >= 11 is 1.72. The van der Waals surface area contributed by atoms with E-state index in [-0.39, 0.29) is 0 Å². The molecule has 0 spiro atoms. The number of hydrogen-bond donors (Lipinski definition) is 0. The first kappa shape index (κ1) is 17.4. The molecule has 2 aromatic heterocycles. The van der Waals surface area contributed by atoms with E-state index in [1.807, 2.05) is 6.07 Å². The third kappa shape index (κ3) is 3.86. The Morgan fingerprint density at radius 2 is 1.92 bits per heavy atom. The molecule has 1 aromatic carbocycles. The minimum Gasteiger partial charge on any atom is -0.425 e. The molecule has 136 valence electrons. The van der Waals surface area contributed by atoms with E-state index < -0.39 is 0 Å². The van der Waals surface area contributed by atoms with Gasteiger partial charge in [-0.15, -0.1) is 21.5 Å². The van der Waals surface area contributed by atoms with Crippen molar-refractivity contribution in [3.05, 3.63) is 53.2 Å². The fourth-order valence-corrected chi connectivity index (χ4v) is 4.12. The second-order valence-corrected chi connectivity index (χ2v) is 8.05. The van der Waals surface area contributed by atoms with E-state index in [1.165, 1.54) is 5.56 Å². The lowest BCUT2D eigenvalue weighted by atomic mass is 9.97. The van der Waals surface area contributed by atoms with E-state index in [0.717, 1.165) is 55.0 Å². The monoisotopic (exact) mass is 368 g/mol. The van der Waals surface area contributed by atoms with Gasteiger partial charge < -0.3 is 4.42 Å². The van der Waals surface area contributed by atoms with Crippen LogP contribution in [0.5, 0.6) is 0 Å². The van der Waals surface area contributed by atoms with Crippen LogP contribution in [0, 0.1) is 0 Å². The lowest BCUT2D eigenvalue weighted by Crippen LogP contribution is -2.32. The van der Waals surface area contributed by atoms with Gasteiger partial charge in [-0.05, 0) is 25.9 Å². The summed E-state index contributed by atoms with van der Waals surface area (Å²) in [5.74, 6) is 2.24. The van der Waals surface area contributed by atoms with Crippen molar-refractivity contribution in [3.8, 4) is 10.6 Å². The average Bonchev–Trinajstić information content (AvgIpc) is 3.33. The standard InChI is InChI=1S/C20H24N4OS/c1-14(2)18-22-23-19(25-18)15-8-10-24(11-9-15)12-17-13-26-20(21-17)16-6-4-3-5-7-16/h3-7,13-15H,8-12H2,1-2H3. The number of benzene rings is 1. The fourth-order valence-electron chi connectivity index (χ4n) is 3.30. The summed E-state index contributed by atoms with van der Waals surface area (Å²) < 4.78 is 5.84. The van der Waals surface area contributed by atoms with Crippen LogP contribution in [0.3, 0.4) is 0 Å². The van der Waals surface area contributed by atoms with Crippen molar-refractivity contribution < 1.29 is 4.42 Å². The van der Waals surface area contributed by atoms with Gasteiger partial charge in [0.25, 0.3) is 0 Å². The van der Waals surface area contributed by atoms with Crippen LogP contribution < -0.4 is 0 Å². The van der Waals surface area contributed by atoms with Crippen molar-refractivity contribution in [3.63, 3.8) is 0 Å². The van der Waals surface area contributed by atoms with E-state index >= 15 is 0 Å². The van der Waals surface area contributed by atoms with Crippen LogP contribution in [0.4, 0.5) is 0 Å². The molecular formula is C20H24N4OS. The maximum atomic E-state index is 5.84.